The van der Waals surface area contributed by atoms with Gasteiger partial charge in [0.2, 0.25) is 11.8 Å². The molecule has 3 N–H and O–H groups in total. The Labute approximate surface area is 164 Å². The Morgan fingerprint density at radius 3 is 2.29 bits per heavy atom. The highest BCUT2D eigenvalue weighted by Gasteiger charge is 2.23. The first-order chi connectivity index (χ1) is 13.3. The van der Waals surface area contributed by atoms with Gasteiger partial charge in [-0.25, -0.2) is 4.79 Å². The third-order valence-corrected chi connectivity index (χ3v) is 3.61. The molecule has 9 nitrogen and oxygen atoms in total. The van der Waals surface area contributed by atoms with Crippen molar-refractivity contribution in [3.05, 3.63) is 35.9 Å². The number of carbonyl (C=O) groups excluding carboxylic acids is 4. The molecule has 0 saturated carbocycles. The Morgan fingerprint density at radius 2 is 1.68 bits per heavy atom. The molecule has 1 aromatic carbocycles. The van der Waals surface area contributed by atoms with Crippen LogP contribution in [0.2, 0.25) is 0 Å². The number of hydrogen-bond acceptors (Lipinski definition) is 6. The lowest BCUT2D eigenvalue weighted by Crippen LogP contribution is -2.50. The molecule has 0 bridgehead atoms. The van der Waals surface area contributed by atoms with Crippen LogP contribution in [0, 0.1) is 5.92 Å². The van der Waals surface area contributed by atoms with Crippen LogP contribution in [0.5, 0.6) is 0 Å². The molecule has 28 heavy (non-hydrogen) atoms. The average molecular weight is 393 g/mol. The first kappa shape index (κ1) is 22.9. The van der Waals surface area contributed by atoms with E-state index in [1.807, 2.05) is 44.2 Å². The van der Waals surface area contributed by atoms with Crippen molar-refractivity contribution in [2.75, 3.05) is 20.2 Å². The standard InChI is InChI=1S/C19H27N3O6/c1-13(2)9-15(18(25)21-10-16(23)20-11-17(24)27-3)22-19(26)28-12-14-7-5-4-6-8-14/h4-8,13,15H,9-12H2,1-3H3,(H,20,23)(H,21,25)(H,22,26)/t15-/m0/s1. The number of hydrogen-bond donors (Lipinski definition) is 3. The summed E-state index contributed by atoms with van der Waals surface area (Å²) in [6, 6.07) is 8.30. The molecule has 3 amide bonds. The number of amides is 3. The van der Waals surface area contributed by atoms with Crippen LogP contribution >= 0.6 is 0 Å². The van der Waals surface area contributed by atoms with Crippen LogP contribution in [0.4, 0.5) is 4.79 Å². The summed E-state index contributed by atoms with van der Waals surface area (Å²) in [5.41, 5.74) is 0.824. The Hall–Kier alpha value is -3.10. The molecule has 0 fully saturated rings. The molecule has 9 heteroatoms. The smallest absolute Gasteiger partial charge is 0.408 e. The van der Waals surface area contributed by atoms with Crippen LogP contribution in [-0.2, 0) is 30.5 Å². The summed E-state index contributed by atoms with van der Waals surface area (Å²) >= 11 is 0. The van der Waals surface area contributed by atoms with Gasteiger partial charge in [0.1, 0.15) is 19.2 Å². The van der Waals surface area contributed by atoms with E-state index < -0.39 is 29.9 Å². The maximum atomic E-state index is 12.3. The molecule has 0 spiro atoms. The Morgan fingerprint density at radius 1 is 1.00 bits per heavy atom. The Balaban J connectivity index is 2.49. The van der Waals surface area contributed by atoms with E-state index in [0.29, 0.717) is 6.42 Å². The van der Waals surface area contributed by atoms with Gasteiger partial charge in [-0.05, 0) is 17.9 Å². The Bertz CT molecular complexity index is 663. The number of benzene rings is 1. The van der Waals surface area contributed by atoms with E-state index in [0.717, 1.165) is 5.56 Å². The van der Waals surface area contributed by atoms with Gasteiger partial charge in [-0.2, -0.15) is 0 Å². The number of carbonyl (C=O) groups is 4. The number of methoxy groups -OCH3 is 1. The highest BCUT2D eigenvalue weighted by atomic mass is 16.5. The number of esters is 1. The zero-order valence-electron chi connectivity index (χ0n) is 16.3. The maximum Gasteiger partial charge on any atom is 0.408 e. The monoisotopic (exact) mass is 393 g/mol. The molecule has 1 aromatic rings. The summed E-state index contributed by atoms with van der Waals surface area (Å²) in [5, 5.41) is 7.27. The fraction of sp³-hybridized carbons (Fsp3) is 0.474. The van der Waals surface area contributed by atoms with Crippen LogP contribution in [0.25, 0.3) is 0 Å². The molecule has 0 radical (unpaired) electrons. The van der Waals surface area contributed by atoms with Crippen LogP contribution in [0.1, 0.15) is 25.8 Å². The Kier molecular flexibility index (Phi) is 10.1. The van der Waals surface area contributed by atoms with Gasteiger partial charge < -0.3 is 25.4 Å². The minimum atomic E-state index is -0.850. The second-order valence-corrected chi connectivity index (χ2v) is 6.46. The van der Waals surface area contributed by atoms with Gasteiger partial charge in [0, 0.05) is 0 Å². The summed E-state index contributed by atoms with van der Waals surface area (Å²) in [6.45, 7) is 3.27. The molecular weight excluding hydrogens is 366 g/mol. The maximum absolute atomic E-state index is 12.3. The quantitative estimate of drug-likeness (QED) is 0.504. The summed E-state index contributed by atoms with van der Waals surface area (Å²) in [5.74, 6) is -1.54. The average Bonchev–Trinajstić information content (AvgIpc) is 2.68. The highest BCUT2D eigenvalue weighted by molar-refractivity contribution is 5.90. The zero-order chi connectivity index (χ0) is 20.9. The van der Waals surface area contributed by atoms with Crippen LogP contribution < -0.4 is 16.0 Å². The first-order valence-corrected chi connectivity index (χ1v) is 8.90. The van der Waals surface area contributed by atoms with Gasteiger partial charge in [0.15, 0.2) is 0 Å². The SMILES string of the molecule is COC(=O)CNC(=O)CNC(=O)[C@H](CC(C)C)NC(=O)OCc1ccccc1. The lowest BCUT2D eigenvalue weighted by molar-refractivity contribution is -0.141. The number of nitrogens with one attached hydrogen (secondary N) is 3. The van der Waals surface area contributed by atoms with E-state index in [4.69, 9.17) is 4.74 Å². The van der Waals surface area contributed by atoms with Gasteiger partial charge in [0.05, 0.1) is 13.7 Å². The fourth-order valence-corrected chi connectivity index (χ4v) is 2.21. The van der Waals surface area contributed by atoms with Crippen LogP contribution in [0.3, 0.4) is 0 Å². The molecule has 0 aliphatic rings. The van der Waals surface area contributed by atoms with Crippen molar-refractivity contribution in [3.8, 4) is 0 Å². The van der Waals surface area contributed by atoms with E-state index in [1.54, 1.807) is 0 Å². The minimum absolute atomic E-state index is 0.0820. The fourth-order valence-electron chi connectivity index (χ4n) is 2.21. The van der Waals surface area contributed by atoms with Crippen molar-refractivity contribution in [3.63, 3.8) is 0 Å². The molecule has 0 aromatic heterocycles. The van der Waals surface area contributed by atoms with Crippen molar-refractivity contribution < 1.29 is 28.7 Å². The largest absolute Gasteiger partial charge is 0.468 e. The lowest BCUT2D eigenvalue weighted by atomic mass is 10.0. The summed E-state index contributed by atoms with van der Waals surface area (Å²) in [4.78, 5) is 47.0. The minimum Gasteiger partial charge on any atom is -0.468 e. The summed E-state index contributed by atoms with van der Waals surface area (Å²) in [7, 11) is 1.20. The topological polar surface area (TPSA) is 123 Å². The molecule has 0 aliphatic carbocycles. The summed E-state index contributed by atoms with van der Waals surface area (Å²) in [6.07, 6.45) is -0.351. The van der Waals surface area contributed by atoms with Crippen molar-refractivity contribution in [2.45, 2.75) is 32.9 Å². The van der Waals surface area contributed by atoms with Gasteiger partial charge >= 0.3 is 12.1 Å². The molecule has 1 atom stereocenters. The molecule has 0 saturated heterocycles. The van der Waals surface area contributed by atoms with Gasteiger partial charge in [0.25, 0.3) is 0 Å². The molecule has 0 heterocycles. The van der Waals surface area contributed by atoms with Crippen molar-refractivity contribution in [2.24, 2.45) is 5.92 Å². The van der Waals surface area contributed by atoms with Gasteiger partial charge in [-0.3, -0.25) is 14.4 Å². The number of ether oxygens (including phenoxy) is 2. The summed E-state index contributed by atoms with van der Waals surface area (Å²) < 4.78 is 9.54. The van der Waals surface area contributed by atoms with E-state index in [9.17, 15) is 19.2 Å². The zero-order valence-corrected chi connectivity index (χ0v) is 16.3. The van der Waals surface area contributed by atoms with E-state index >= 15 is 0 Å². The van der Waals surface area contributed by atoms with Crippen molar-refractivity contribution in [1.29, 1.82) is 0 Å². The lowest BCUT2D eigenvalue weighted by Gasteiger charge is -2.20. The van der Waals surface area contributed by atoms with E-state index in [2.05, 4.69) is 20.7 Å². The van der Waals surface area contributed by atoms with E-state index in [-0.39, 0.29) is 25.6 Å². The van der Waals surface area contributed by atoms with Crippen molar-refractivity contribution >= 4 is 23.9 Å². The second-order valence-electron chi connectivity index (χ2n) is 6.46. The number of rotatable bonds is 10. The number of alkyl carbamates (subject to hydrolysis) is 1. The van der Waals surface area contributed by atoms with Gasteiger partial charge in [-0.15, -0.1) is 0 Å². The first-order valence-electron chi connectivity index (χ1n) is 8.90. The molecular formula is C19H27N3O6. The normalized spacial score (nSPS) is 11.3. The molecule has 154 valence electrons. The van der Waals surface area contributed by atoms with Crippen LogP contribution in [-0.4, -0.2) is 50.1 Å². The molecule has 1 rings (SSSR count). The molecule has 0 unspecified atom stereocenters. The predicted octanol–water partition coefficient (Wildman–Crippen LogP) is 0.733. The van der Waals surface area contributed by atoms with Crippen LogP contribution in [0.15, 0.2) is 30.3 Å². The van der Waals surface area contributed by atoms with Crippen molar-refractivity contribution in [1.82, 2.24) is 16.0 Å². The predicted molar refractivity (Wildman–Crippen MR) is 101 cm³/mol. The third-order valence-electron chi connectivity index (χ3n) is 3.61. The molecule has 0 aliphatic heterocycles. The third kappa shape index (κ3) is 9.56. The second kappa shape index (κ2) is 12.3. The van der Waals surface area contributed by atoms with E-state index in [1.165, 1.54) is 7.11 Å². The van der Waals surface area contributed by atoms with Gasteiger partial charge in [-0.1, -0.05) is 44.2 Å². The highest BCUT2D eigenvalue weighted by Crippen LogP contribution is 2.06.